The van der Waals surface area contributed by atoms with Gasteiger partial charge >= 0.3 is 0 Å². The fourth-order valence-electron chi connectivity index (χ4n) is 1.28. The maximum absolute atomic E-state index is 9.70. The van der Waals surface area contributed by atoms with E-state index < -0.39 is 6.10 Å². The zero-order valence-electron chi connectivity index (χ0n) is 8.31. The largest absolute Gasteiger partial charge is 0.396 e. The van der Waals surface area contributed by atoms with Gasteiger partial charge in [0.1, 0.15) is 0 Å². The number of hydrogen-bond donors (Lipinski definition) is 2. The van der Waals surface area contributed by atoms with Crippen molar-refractivity contribution < 1.29 is 10.2 Å². The Bertz CT molecular complexity index is 258. The molecule has 1 aromatic carbocycles. The van der Waals surface area contributed by atoms with Gasteiger partial charge in [-0.3, -0.25) is 0 Å². The third kappa shape index (κ3) is 3.33. The van der Waals surface area contributed by atoms with Crippen molar-refractivity contribution in [3.8, 4) is 0 Å². The highest BCUT2D eigenvalue weighted by molar-refractivity contribution is 7.98. The molecule has 3 heteroatoms. The Kier molecular flexibility index (Phi) is 5.01. The summed E-state index contributed by atoms with van der Waals surface area (Å²) in [5.41, 5.74) is 0.927. The van der Waals surface area contributed by atoms with Crippen LogP contribution >= 0.6 is 11.8 Å². The number of hydrogen-bond acceptors (Lipinski definition) is 3. The Morgan fingerprint density at radius 3 is 2.43 bits per heavy atom. The average Bonchev–Trinajstić information content (AvgIpc) is 2.26. The highest BCUT2D eigenvalue weighted by atomic mass is 32.2. The zero-order valence-corrected chi connectivity index (χ0v) is 9.13. The molecule has 14 heavy (non-hydrogen) atoms. The second-order valence-corrected chi connectivity index (χ2v) is 4.03. The third-order valence-corrected chi connectivity index (χ3v) is 2.88. The maximum atomic E-state index is 9.70. The molecule has 0 amide bonds. The molecule has 0 spiro atoms. The molecule has 0 aliphatic heterocycles. The molecule has 1 rings (SSSR count). The van der Waals surface area contributed by atoms with Crippen LogP contribution in [0.4, 0.5) is 0 Å². The molecule has 2 N–H and O–H groups in total. The summed E-state index contributed by atoms with van der Waals surface area (Å²) < 4.78 is 0. The Morgan fingerprint density at radius 2 is 1.93 bits per heavy atom. The summed E-state index contributed by atoms with van der Waals surface area (Å²) in [5.74, 6) is 0. The van der Waals surface area contributed by atoms with Crippen molar-refractivity contribution in [1.82, 2.24) is 0 Å². The van der Waals surface area contributed by atoms with E-state index in [-0.39, 0.29) is 6.61 Å². The Balaban J connectivity index is 2.57. The van der Waals surface area contributed by atoms with Gasteiger partial charge in [0.25, 0.3) is 0 Å². The molecule has 0 aromatic heterocycles. The summed E-state index contributed by atoms with van der Waals surface area (Å²) in [7, 11) is 0. The van der Waals surface area contributed by atoms with E-state index in [9.17, 15) is 5.11 Å². The number of benzene rings is 1. The Morgan fingerprint density at radius 1 is 1.29 bits per heavy atom. The van der Waals surface area contributed by atoms with Crippen LogP contribution in [0.3, 0.4) is 0 Å². The molecule has 78 valence electrons. The van der Waals surface area contributed by atoms with Crippen molar-refractivity contribution in [2.45, 2.75) is 23.8 Å². The monoisotopic (exact) mass is 212 g/mol. The van der Waals surface area contributed by atoms with Crippen molar-refractivity contribution in [1.29, 1.82) is 0 Å². The molecule has 0 saturated carbocycles. The van der Waals surface area contributed by atoms with E-state index >= 15 is 0 Å². The summed E-state index contributed by atoms with van der Waals surface area (Å²) in [6.45, 7) is 0.139. The Labute approximate surface area is 89.0 Å². The molecule has 0 aliphatic carbocycles. The van der Waals surface area contributed by atoms with Gasteiger partial charge in [0, 0.05) is 11.5 Å². The topological polar surface area (TPSA) is 40.5 Å². The van der Waals surface area contributed by atoms with E-state index in [0.29, 0.717) is 12.8 Å². The van der Waals surface area contributed by atoms with Crippen LogP contribution in [0.5, 0.6) is 0 Å². The minimum absolute atomic E-state index is 0.139. The number of aliphatic hydroxyl groups is 2. The van der Waals surface area contributed by atoms with Crippen LogP contribution in [0.2, 0.25) is 0 Å². The first-order valence-electron chi connectivity index (χ1n) is 4.71. The Hall–Kier alpha value is -0.510. The second kappa shape index (κ2) is 6.06. The summed E-state index contributed by atoms with van der Waals surface area (Å²) in [5, 5.41) is 18.3. The van der Waals surface area contributed by atoms with E-state index in [1.54, 1.807) is 11.8 Å². The lowest BCUT2D eigenvalue weighted by atomic mass is 10.1. The molecule has 1 aromatic rings. The number of rotatable bonds is 5. The van der Waals surface area contributed by atoms with Crippen LogP contribution < -0.4 is 0 Å². The van der Waals surface area contributed by atoms with Gasteiger partial charge < -0.3 is 10.2 Å². The average molecular weight is 212 g/mol. The van der Waals surface area contributed by atoms with E-state index in [4.69, 9.17) is 5.11 Å². The van der Waals surface area contributed by atoms with Gasteiger partial charge in [-0.15, -0.1) is 11.8 Å². The van der Waals surface area contributed by atoms with Gasteiger partial charge in [-0.1, -0.05) is 12.1 Å². The summed E-state index contributed by atoms with van der Waals surface area (Å²) in [6.07, 6.45) is 2.84. The predicted molar refractivity (Wildman–Crippen MR) is 59.5 cm³/mol. The van der Waals surface area contributed by atoms with E-state index in [1.165, 1.54) is 4.90 Å². The van der Waals surface area contributed by atoms with Crippen LogP contribution in [0.15, 0.2) is 29.2 Å². The minimum atomic E-state index is -0.446. The van der Waals surface area contributed by atoms with Gasteiger partial charge in [-0.2, -0.15) is 0 Å². The van der Waals surface area contributed by atoms with Crippen LogP contribution in [0.25, 0.3) is 0 Å². The van der Waals surface area contributed by atoms with Gasteiger partial charge in [0.15, 0.2) is 0 Å². The predicted octanol–water partition coefficient (Wildman–Crippen LogP) is 2.21. The summed E-state index contributed by atoms with van der Waals surface area (Å²) in [4.78, 5) is 1.20. The van der Waals surface area contributed by atoms with E-state index in [2.05, 4.69) is 0 Å². The van der Waals surface area contributed by atoms with Crippen LogP contribution in [0.1, 0.15) is 24.5 Å². The molecule has 1 unspecified atom stereocenters. The van der Waals surface area contributed by atoms with E-state index in [1.807, 2.05) is 30.5 Å². The minimum Gasteiger partial charge on any atom is -0.396 e. The molecule has 0 saturated heterocycles. The smallest absolute Gasteiger partial charge is 0.0790 e. The maximum Gasteiger partial charge on any atom is 0.0790 e. The molecule has 0 aliphatic rings. The lowest BCUT2D eigenvalue weighted by Crippen LogP contribution is -1.98. The van der Waals surface area contributed by atoms with Crippen LogP contribution in [-0.2, 0) is 0 Å². The number of aliphatic hydroxyl groups excluding tert-OH is 2. The second-order valence-electron chi connectivity index (χ2n) is 3.15. The molecule has 0 radical (unpaired) electrons. The molecule has 0 bridgehead atoms. The molecule has 0 heterocycles. The fraction of sp³-hybridized carbons (Fsp3) is 0.455. The standard InChI is InChI=1S/C11H16O2S/c1-14-10-6-4-9(5-7-10)11(13)3-2-8-12/h4-7,11-13H,2-3,8H2,1H3. The molecule has 2 nitrogen and oxygen atoms in total. The van der Waals surface area contributed by atoms with Gasteiger partial charge in [0.05, 0.1) is 6.10 Å². The highest BCUT2D eigenvalue weighted by Gasteiger charge is 2.06. The lowest BCUT2D eigenvalue weighted by molar-refractivity contribution is 0.152. The van der Waals surface area contributed by atoms with Crippen molar-refractivity contribution in [2.75, 3.05) is 12.9 Å². The third-order valence-electron chi connectivity index (χ3n) is 2.14. The summed E-state index contributed by atoms with van der Waals surface area (Å²) in [6, 6.07) is 7.88. The quantitative estimate of drug-likeness (QED) is 0.735. The van der Waals surface area contributed by atoms with Crippen LogP contribution in [0, 0.1) is 0 Å². The number of thioether (sulfide) groups is 1. The van der Waals surface area contributed by atoms with Crippen molar-refractivity contribution in [3.63, 3.8) is 0 Å². The van der Waals surface area contributed by atoms with Gasteiger partial charge in [-0.05, 0) is 36.8 Å². The highest BCUT2D eigenvalue weighted by Crippen LogP contribution is 2.21. The van der Waals surface area contributed by atoms with Gasteiger partial charge in [0.2, 0.25) is 0 Å². The normalized spacial score (nSPS) is 12.8. The van der Waals surface area contributed by atoms with Crippen molar-refractivity contribution in [3.05, 3.63) is 29.8 Å². The molecule has 0 fully saturated rings. The molecular formula is C11H16O2S. The zero-order chi connectivity index (χ0) is 10.4. The van der Waals surface area contributed by atoms with Crippen molar-refractivity contribution in [2.24, 2.45) is 0 Å². The van der Waals surface area contributed by atoms with Gasteiger partial charge in [-0.25, -0.2) is 0 Å². The summed E-state index contributed by atoms with van der Waals surface area (Å²) >= 11 is 1.69. The fourth-order valence-corrected chi connectivity index (χ4v) is 1.69. The first-order valence-corrected chi connectivity index (χ1v) is 5.93. The van der Waals surface area contributed by atoms with E-state index in [0.717, 1.165) is 5.56 Å². The SMILES string of the molecule is CSc1ccc(C(O)CCCO)cc1. The van der Waals surface area contributed by atoms with Crippen molar-refractivity contribution >= 4 is 11.8 Å². The van der Waals surface area contributed by atoms with Crippen LogP contribution in [-0.4, -0.2) is 23.1 Å². The molecule has 1 atom stereocenters. The lowest BCUT2D eigenvalue weighted by Gasteiger charge is -2.10. The molecular weight excluding hydrogens is 196 g/mol. The first-order chi connectivity index (χ1) is 6.77. The first kappa shape index (κ1) is 11.6.